The molecule has 4 fully saturated rings. The van der Waals surface area contributed by atoms with Gasteiger partial charge in [-0.3, -0.25) is 0 Å². The van der Waals surface area contributed by atoms with Crippen molar-refractivity contribution in [2.24, 2.45) is 63.5 Å². The largest absolute Gasteiger partial charge is 0.378 e. The van der Waals surface area contributed by atoms with Crippen LogP contribution in [-0.4, -0.2) is 70.9 Å². The van der Waals surface area contributed by atoms with Crippen LogP contribution in [0.3, 0.4) is 0 Å². The average molecular weight is 761 g/mol. The summed E-state index contributed by atoms with van der Waals surface area (Å²) in [5, 5.41) is 3.81. The van der Waals surface area contributed by atoms with E-state index in [1.165, 1.54) is 135 Å². The molecular formula is C47H92N4O3. The molecule has 4 saturated carbocycles. The fourth-order valence-corrected chi connectivity index (χ4v) is 12.6. The first-order valence-electron chi connectivity index (χ1n) is 24.0. The summed E-state index contributed by atoms with van der Waals surface area (Å²) < 4.78 is 20.4. The van der Waals surface area contributed by atoms with E-state index >= 15 is 0 Å². The molecule has 0 spiro atoms. The monoisotopic (exact) mass is 761 g/mol. The molecule has 0 aromatic carbocycles. The van der Waals surface area contributed by atoms with Crippen LogP contribution in [0, 0.1) is 46.3 Å². The van der Waals surface area contributed by atoms with E-state index in [1.807, 2.05) is 0 Å². The van der Waals surface area contributed by atoms with Gasteiger partial charge in [-0.25, -0.2) is 0 Å². The van der Waals surface area contributed by atoms with Crippen molar-refractivity contribution in [3.63, 3.8) is 0 Å². The predicted octanol–water partition coefficient (Wildman–Crippen LogP) is 9.77. The van der Waals surface area contributed by atoms with Gasteiger partial charge < -0.3 is 36.7 Å². The molecule has 54 heavy (non-hydrogen) atoms. The van der Waals surface area contributed by atoms with Gasteiger partial charge in [0.1, 0.15) is 0 Å². The summed E-state index contributed by atoms with van der Waals surface area (Å²) in [6, 6.07) is 0. The van der Waals surface area contributed by atoms with Crippen molar-refractivity contribution >= 4 is 0 Å². The lowest BCUT2D eigenvalue weighted by atomic mass is 9.43. The summed E-state index contributed by atoms with van der Waals surface area (Å²) in [6.45, 7) is 17.0. The fourth-order valence-electron chi connectivity index (χ4n) is 12.6. The van der Waals surface area contributed by atoms with Crippen molar-refractivity contribution in [1.82, 2.24) is 5.32 Å². The number of hydrogen-bond donors (Lipinski definition) is 4. The van der Waals surface area contributed by atoms with Gasteiger partial charge in [-0.1, -0.05) is 98.3 Å². The highest BCUT2D eigenvalue weighted by Crippen LogP contribution is 2.69. The SMILES string of the molecule is CCCCCCCCCCCCCCNCCC[C@@H](C)[C@H]1CC[C@H]2C3[C@H](OCCCN)CC4C[C@H](OCCCN)CCC4(C)[C@H]3C[C@H](OCCCN)[C@]12C. The molecule has 0 amide bonds. The van der Waals surface area contributed by atoms with Crippen LogP contribution in [0.5, 0.6) is 0 Å². The van der Waals surface area contributed by atoms with Crippen LogP contribution in [0.4, 0.5) is 0 Å². The minimum absolute atomic E-state index is 0.179. The maximum atomic E-state index is 7.06. The molecule has 0 radical (unpaired) electrons. The van der Waals surface area contributed by atoms with Crippen molar-refractivity contribution in [1.29, 1.82) is 0 Å². The van der Waals surface area contributed by atoms with Crippen LogP contribution in [0.1, 0.15) is 182 Å². The molecule has 0 aliphatic heterocycles. The van der Waals surface area contributed by atoms with E-state index in [2.05, 4.69) is 33.0 Å². The Labute approximate surface area is 334 Å². The van der Waals surface area contributed by atoms with Gasteiger partial charge in [0, 0.05) is 25.2 Å². The third kappa shape index (κ3) is 12.9. The summed E-state index contributed by atoms with van der Waals surface area (Å²) in [7, 11) is 0. The predicted molar refractivity (Wildman–Crippen MR) is 229 cm³/mol. The normalized spacial score (nSPS) is 34.1. The molecule has 0 saturated heterocycles. The second-order valence-corrected chi connectivity index (χ2v) is 19.2. The van der Waals surface area contributed by atoms with Gasteiger partial charge in [0.05, 0.1) is 18.3 Å². The number of fused-ring (bicyclic) bond motifs is 5. The summed E-state index contributed by atoms with van der Waals surface area (Å²) in [4.78, 5) is 0. The topological polar surface area (TPSA) is 118 Å². The molecule has 4 aliphatic rings. The number of nitrogens with two attached hydrogens (primary N) is 3. The van der Waals surface area contributed by atoms with E-state index in [0.29, 0.717) is 78.9 Å². The standard InChI is InChI=1S/C47H92N4O3/c1-5-6-7-8-9-10-11-12-13-14-15-16-29-51-30-17-21-37(2)40-22-23-41-45-42(36-44(47(40,41)4)54-33-20-28-50)46(3)25-24-39(52-31-18-26-48)34-38(46)35-43(45)53-32-19-27-49/h37-45,51H,5-36,48-50H2,1-4H3/t37-,38?,39-,40-,41+,42+,43-,44+,45?,46?,47-/m1/s1. The van der Waals surface area contributed by atoms with Crippen molar-refractivity contribution in [2.75, 3.05) is 52.5 Å². The first-order valence-corrected chi connectivity index (χ1v) is 24.0. The third-order valence-electron chi connectivity index (χ3n) is 15.7. The van der Waals surface area contributed by atoms with Gasteiger partial charge >= 0.3 is 0 Å². The molecule has 11 atom stereocenters. The van der Waals surface area contributed by atoms with E-state index in [-0.39, 0.29) is 5.41 Å². The minimum Gasteiger partial charge on any atom is -0.378 e. The summed E-state index contributed by atoms with van der Waals surface area (Å²) in [5.74, 6) is 3.91. The number of unbranched alkanes of at least 4 members (excludes halogenated alkanes) is 11. The van der Waals surface area contributed by atoms with Gasteiger partial charge in [-0.05, 0) is 157 Å². The summed E-state index contributed by atoms with van der Waals surface area (Å²) >= 11 is 0. The number of hydrogen-bond acceptors (Lipinski definition) is 7. The van der Waals surface area contributed by atoms with Crippen LogP contribution in [0.25, 0.3) is 0 Å². The van der Waals surface area contributed by atoms with E-state index in [4.69, 9.17) is 31.4 Å². The Bertz CT molecular complexity index is 971. The van der Waals surface area contributed by atoms with Crippen LogP contribution in [-0.2, 0) is 14.2 Å². The van der Waals surface area contributed by atoms with Crippen LogP contribution in [0.15, 0.2) is 0 Å². The number of nitrogens with one attached hydrogen (secondary N) is 1. The van der Waals surface area contributed by atoms with E-state index in [9.17, 15) is 0 Å². The maximum Gasteiger partial charge on any atom is 0.0637 e. The number of ether oxygens (including phenoxy) is 3. The summed E-state index contributed by atoms with van der Waals surface area (Å²) in [6.07, 6.45) is 32.0. The highest BCUT2D eigenvalue weighted by Gasteiger charge is 2.66. The lowest BCUT2D eigenvalue weighted by Gasteiger charge is -2.65. The fraction of sp³-hybridized carbons (Fsp3) is 1.00. The third-order valence-corrected chi connectivity index (χ3v) is 15.7. The molecule has 0 aromatic rings. The van der Waals surface area contributed by atoms with Crippen molar-refractivity contribution < 1.29 is 14.2 Å². The van der Waals surface area contributed by atoms with E-state index < -0.39 is 0 Å². The minimum atomic E-state index is 0.179. The Balaban J connectivity index is 1.31. The van der Waals surface area contributed by atoms with Crippen LogP contribution in [0.2, 0.25) is 0 Å². The van der Waals surface area contributed by atoms with Gasteiger partial charge in [0.25, 0.3) is 0 Å². The molecule has 0 heterocycles. The van der Waals surface area contributed by atoms with Crippen molar-refractivity contribution in [3.05, 3.63) is 0 Å². The van der Waals surface area contributed by atoms with Crippen molar-refractivity contribution in [3.8, 4) is 0 Å². The highest BCUT2D eigenvalue weighted by atomic mass is 16.5. The second-order valence-electron chi connectivity index (χ2n) is 19.2. The van der Waals surface area contributed by atoms with Gasteiger partial charge in [0.15, 0.2) is 0 Å². The molecule has 7 heteroatoms. The van der Waals surface area contributed by atoms with E-state index in [1.54, 1.807) is 0 Å². The van der Waals surface area contributed by atoms with Crippen LogP contribution >= 0.6 is 0 Å². The number of rotatable bonds is 30. The zero-order valence-electron chi connectivity index (χ0n) is 36.3. The Morgan fingerprint density at radius 3 is 1.87 bits per heavy atom. The summed E-state index contributed by atoms with van der Waals surface area (Å²) in [5.41, 5.74) is 18.3. The molecule has 3 unspecified atom stereocenters. The molecule has 318 valence electrons. The molecule has 0 aromatic heterocycles. The maximum absolute atomic E-state index is 7.06. The second kappa shape index (κ2) is 25.3. The Morgan fingerprint density at radius 1 is 0.630 bits per heavy atom. The Morgan fingerprint density at radius 2 is 1.22 bits per heavy atom. The quantitative estimate of drug-likeness (QED) is 0.0539. The molecule has 4 rings (SSSR count). The van der Waals surface area contributed by atoms with E-state index in [0.717, 1.165) is 52.0 Å². The zero-order valence-corrected chi connectivity index (χ0v) is 36.3. The molecule has 4 aliphatic carbocycles. The molecule has 7 N–H and O–H groups in total. The van der Waals surface area contributed by atoms with Crippen LogP contribution < -0.4 is 22.5 Å². The van der Waals surface area contributed by atoms with Gasteiger partial charge in [0.2, 0.25) is 0 Å². The average Bonchev–Trinajstić information content (AvgIpc) is 3.53. The Kier molecular flexibility index (Phi) is 21.7. The van der Waals surface area contributed by atoms with Crippen molar-refractivity contribution in [2.45, 2.75) is 200 Å². The lowest BCUT2D eigenvalue weighted by Crippen LogP contribution is -2.63. The highest BCUT2D eigenvalue weighted by molar-refractivity contribution is 5.15. The smallest absolute Gasteiger partial charge is 0.0637 e. The molecule has 7 nitrogen and oxygen atoms in total. The zero-order chi connectivity index (χ0) is 38.7. The van der Waals surface area contributed by atoms with Gasteiger partial charge in [-0.15, -0.1) is 0 Å². The molecule has 0 bridgehead atoms. The van der Waals surface area contributed by atoms with Gasteiger partial charge in [-0.2, -0.15) is 0 Å². The molecular weight excluding hydrogens is 669 g/mol. The first kappa shape index (κ1) is 46.4. The first-order chi connectivity index (χ1) is 26.3. The Hall–Kier alpha value is -0.280. The lowest BCUT2D eigenvalue weighted by molar-refractivity contribution is -0.227.